The zero-order valence-electron chi connectivity index (χ0n) is 10.5. The molecule has 0 amide bonds. The van der Waals surface area contributed by atoms with E-state index in [4.69, 9.17) is 4.74 Å². The summed E-state index contributed by atoms with van der Waals surface area (Å²) in [5, 5.41) is 12.7. The van der Waals surface area contributed by atoms with Gasteiger partial charge in [0.2, 0.25) is 0 Å². The second-order valence-corrected chi connectivity index (χ2v) is 4.82. The van der Waals surface area contributed by atoms with Crippen LogP contribution in [0.2, 0.25) is 0 Å². The molecule has 0 aliphatic carbocycles. The molecule has 1 aliphatic heterocycles. The lowest BCUT2D eigenvalue weighted by molar-refractivity contribution is -0.149. The molecule has 1 saturated heterocycles. The fourth-order valence-corrected chi connectivity index (χ4v) is 2.07. The molecule has 0 aromatic rings. The molecule has 1 aliphatic rings. The van der Waals surface area contributed by atoms with Crippen molar-refractivity contribution in [3.05, 3.63) is 0 Å². The van der Waals surface area contributed by atoms with E-state index in [1.54, 1.807) is 0 Å². The average molecular weight is 229 g/mol. The molecule has 16 heavy (non-hydrogen) atoms. The molecule has 0 saturated carbocycles. The Morgan fingerprint density at radius 2 is 2.00 bits per heavy atom. The van der Waals surface area contributed by atoms with Gasteiger partial charge in [0.25, 0.3) is 0 Å². The van der Waals surface area contributed by atoms with Crippen LogP contribution in [0.25, 0.3) is 0 Å². The van der Waals surface area contributed by atoms with Crippen molar-refractivity contribution in [3.8, 4) is 0 Å². The number of ether oxygens (including phenoxy) is 1. The highest BCUT2D eigenvalue weighted by Gasteiger charge is 2.41. The van der Waals surface area contributed by atoms with Gasteiger partial charge in [-0.15, -0.1) is 0 Å². The molecule has 4 nitrogen and oxygen atoms in total. The van der Waals surface area contributed by atoms with E-state index in [0.29, 0.717) is 32.0 Å². The summed E-state index contributed by atoms with van der Waals surface area (Å²) in [5.41, 5.74) is -0.777. The number of aliphatic carboxylic acids is 1. The van der Waals surface area contributed by atoms with Crippen LogP contribution in [0.15, 0.2) is 0 Å². The van der Waals surface area contributed by atoms with Crippen LogP contribution in [-0.4, -0.2) is 35.9 Å². The zero-order chi connectivity index (χ0) is 12.2. The quantitative estimate of drug-likeness (QED) is 0.752. The van der Waals surface area contributed by atoms with Crippen LogP contribution in [0, 0.1) is 5.92 Å². The maximum absolute atomic E-state index is 11.4. The van der Waals surface area contributed by atoms with Gasteiger partial charge in [0.15, 0.2) is 0 Å². The van der Waals surface area contributed by atoms with Gasteiger partial charge in [-0.3, -0.25) is 10.1 Å². The molecule has 1 rings (SSSR count). The highest BCUT2D eigenvalue weighted by Crippen LogP contribution is 2.23. The van der Waals surface area contributed by atoms with Crippen molar-refractivity contribution in [3.63, 3.8) is 0 Å². The van der Waals surface area contributed by atoms with Gasteiger partial charge in [0.05, 0.1) is 0 Å². The van der Waals surface area contributed by atoms with E-state index < -0.39 is 11.5 Å². The largest absolute Gasteiger partial charge is 0.480 e. The molecule has 2 N–H and O–H groups in total. The van der Waals surface area contributed by atoms with Crippen LogP contribution >= 0.6 is 0 Å². The Hall–Kier alpha value is -0.610. The van der Waals surface area contributed by atoms with Gasteiger partial charge >= 0.3 is 5.97 Å². The number of carboxylic acids is 1. The Labute approximate surface area is 97.4 Å². The first kappa shape index (κ1) is 13.5. The number of rotatable bonds is 5. The molecular formula is C12H23NO3. The molecule has 1 fully saturated rings. The first-order valence-corrected chi connectivity index (χ1v) is 6.10. The first-order valence-electron chi connectivity index (χ1n) is 6.10. The lowest BCUT2D eigenvalue weighted by atomic mass is 9.87. The summed E-state index contributed by atoms with van der Waals surface area (Å²) in [5.74, 6) is -0.259. The second kappa shape index (κ2) is 5.64. The number of carbonyl (C=O) groups is 1. The van der Waals surface area contributed by atoms with Gasteiger partial charge in [-0.2, -0.15) is 0 Å². The normalized spacial score (nSPS) is 23.7. The van der Waals surface area contributed by atoms with Crippen LogP contribution in [0.3, 0.4) is 0 Å². The van der Waals surface area contributed by atoms with Crippen LogP contribution < -0.4 is 5.32 Å². The van der Waals surface area contributed by atoms with Gasteiger partial charge in [-0.25, -0.2) is 0 Å². The second-order valence-electron chi connectivity index (χ2n) is 4.82. The minimum atomic E-state index is -0.777. The molecule has 4 heteroatoms. The predicted octanol–water partition coefficient (Wildman–Crippen LogP) is 1.64. The Balaban J connectivity index is 2.67. The van der Waals surface area contributed by atoms with E-state index >= 15 is 0 Å². The lowest BCUT2D eigenvalue weighted by Gasteiger charge is -2.38. The highest BCUT2D eigenvalue weighted by atomic mass is 16.5. The standard InChI is InChI=1S/C12H23NO3/c1-4-9(2)10(3)13-12(11(14)15)5-7-16-8-6-12/h9-10,13H,4-8H2,1-3H3,(H,14,15). The molecule has 0 spiro atoms. The van der Waals surface area contributed by atoms with E-state index in [1.807, 2.05) is 0 Å². The Morgan fingerprint density at radius 3 is 2.44 bits per heavy atom. The van der Waals surface area contributed by atoms with Crippen molar-refractivity contribution in [1.82, 2.24) is 5.32 Å². The lowest BCUT2D eigenvalue weighted by Crippen LogP contribution is -2.59. The minimum absolute atomic E-state index is 0.221. The van der Waals surface area contributed by atoms with Gasteiger partial charge in [-0.1, -0.05) is 20.3 Å². The third-order valence-corrected chi connectivity index (χ3v) is 3.76. The van der Waals surface area contributed by atoms with E-state index in [-0.39, 0.29) is 6.04 Å². The van der Waals surface area contributed by atoms with Crippen molar-refractivity contribution < 1.29 is 14.6 Å². The molecule has 94 valence electrons. The summed E-state index contributed by atoms with van der Waals surface area (Å²) in [6.45, 7) is 7.40. The Bertz CT molecular complexity index is 236. The minimum Gasteiger partial charge on any atom is -0.480 e. The fourth-order valence-electron chi connectivity index (χ4n) is 2.07. The van der Waals surface area contributed by atoms with Crippen LogP contribution in [0.1, 0.15) is 40.0 Å². The third-order valence-electron chi connectivity index (χ3n) is 3.76. The predicted molar refractivity (Wildman–Crippen MR) is 62.5 cm³/mol. The maximum Gasteiger partial charge on any atom is 0.324 e. The van der Waals surface area contributed by atoms with Crippen molar-refractivity contribution >= 4 is 5.97 Å². The Kier molecular flexibility index (Phi) is 4.74. The van der Waals surface area contributed by atoms with Crippen molar-refractivity contribution in [2.24, 2.45) is 5.92 Å². The summed E-state index contributed by atoms with van der Waals surface area (Å²) < 4.78 is 5.24. The summed E-state index contributed by atoms with van der Waals surface area (Å²) >= 11 is 0. The third kappa shape index (κ3) is 2.95. The average Bonchev–Trinajstić information content (AvgIpc) is 2.28. The number of nitrogens with one attached hydrogen (secondary N) is 1. The van der Waals surface area contributed by atoms with Crippen molar-refractivity contribution in [1.29, 1.82) is 0 Å². The molecule has 1 heterocycles. The SMILES string of the molecule is CCC(C)C(C)NC1(C(=O)O)CCOCC1. The summed E-state index contributed by atoms with van der Waals surface area (Å²) in [6, 6.07) is 0.221. The van der Waals surface area contributed by atoms with Crippen LogP contribution in [-0.2, 0) is 9.53 Å². The summed E-state index contributed by atoms with van der Waals surface area (Å²) in [4.78, 5) is 11.4. The van der Waals surface area contributed by atoms with Crippen LogP contribution in [0.5, 0.6) is 0 Å². The zero-order valence-corrected chi connectivity index (χ0v) is 10.5. The molecule has 2 atom stereocenters. The fraction of sp³-hybridized carbons (Fsp3) is 0.917. The summed E-state index contributed by atoms with van der Waals surface area (Å²) in [6.07, 6.45) is 2.17. The molecule has 0 radical (unpaired) electrons. The number of carboxylic acid groups (broad SMARTS) is 1. The van der Waals surface area contributed by atoms with Crippen molar-refractivity contribution in [2.45, 2.75) is 51.6 Å². The van der Waals surface area contributed by atoms with Crippen LogP contribution in [0.4, 0.5) is 0 Å². The maximum atomic E-state index is 11.4. The van der Waals surface area contributed by atoms with Crippen molar-refractivity contribution in [2.75, 3.05) is 13.2 Å². The van der Waals surface area contributed by atoms with Gasteiger partial charge in [0.1, 0.15) is 5.54 Å². The van der Waals surface area contributed by atoms with E-state index in [2.05, 4.69) is 26.1 Å². The molecule has 0 aromatic heterocycles. The monoisotopic (exact) mass is 229 g/mol. The summed E-state index contributed by atoms with van der Waals surface area (Å²) in [7, 11) is 0. The Morgan fingerprint density at radius 1 is 1.44 bits per heavy atom. The van der Waals surface area contributed by atoms with Gasteiger partial charge in [0, 0.05) is 19.3 Å². The van der Waals surface area contributed by atoms with E-state index in [0.717, 1.165) is 6.42 Å². The van der Waals surface area contributed by atoms with Gasteiger partial charge < -0.3 is 9.84 Å². The molecule has 0 bridgehead atoms. The molecular weight excluding hydrogens is 206 g/mol. The first-order chi connectivity index (χ1) is 7.52. The van der Waals surface area contributed by atoms with Gasteiger partial charge in [-0.05, 0) is 25.7 Å². The molecule has 2 unspecified atom stereocenters. The number of hydrogen-bond acceptors (Lipinski definition) is 3. The number of hydrogen-bond donors (Lipinski definition) is 2. The highest BCUT2D eigenvalue weighted by molar-refractivity contribution is 5.79. The van der Waals surface area contributed by atoms with E-state index in [9.17, 15) is 9.90 Å². The van der Waals surface area contributed by atoms with E-state index in [1.165, 1.54) is 0 Å². The molecule has 0 aromatic carbocycles. The smallest absolute Gasteiger partial charge is 0.324 e. The topological polar surface area (TPSA) is 58.6 Å².